The van der Waals surface area contributed by atoms with Crippen LogP contribution in [0.1, 0.15) is 38.5 Å². The molecule has 2 aromatic rings. The Morgan fingerprint density at radius 1 is 1.34 bits per heavy atom. The number of nitrogens with one attached hydrogen (secondary N) is 1. The number of hydrogen-bond acceptors (Lipinski definition) is 4. The molecule has 0 spiro atoms. The molecule has 1 aromatic heterocycles. The van der Waals surface area contributed by atoms with E-state index < -0.39 is 11.6 Å². The summed E-state index contributed by atoms with van der Waals surface area (Å²) in [6, 6.07) is 3.22. The molecule has 1 N–H and O–H groups in total. The molecule has 1 aliphatic rings. The van der Waals surface area contributed by atoms with Crippen LogP contribution in [0.15, 0.2) is 28.8 Å². The molecule has 156 valence electrons. The third kappa shape index (κ3) is 5.40. The quantitative estimate of drug-likeness (QED) is 0.767. The zero-order valence-electron chi connectivity index (χ0n) is 16.4. The highest BCUT2D eigenvalue weighted by Crippen LogP contribution is 2.25. The maximum Gasteiger partial charge on any atom is 0.224 e. The fraction of sp³-hybridized carbons (Fsp3) is 0.476. The van der Waals surface area contributed by atoms with Crippen LogP contribution >= 0.6 is 0 Å². The molecule has 0 bridgehead atoms. The van der Waals surface area contributed by atoms with E-state index in [1.165, 1.54) is 12.3 Å². The van der Waals surface area contributed by atoms with E-state index >= 15 is 0 Å². The van der Waals surface area contributed by atoms with Crippen molar-refractivity contribution in [3.63, 3.8) is 0 Å². The second-order valence-electron chi connectivity index (χ2n) is 7.21. The van der Waals surface area contributed by atoms with Gasteiger partial charge in [0.05, 0.1) is 17.7 Å². The molecule has 3 rings (SSSR count). The summed E-state index contributed by atoms with van der Waals surface area (Å²) in [5.74, 6) is -1.13. The molecule has 29 heavy (non-hydrogen) atoms. The number of piperidine rings is 1. The predicted molar refractivity (Wildman–Crippen MR) is 103 cm³/mol. The summed E-state index contributed by atoms with van der Waals surface area (Å²) >= 11 is 0. The van der Waals surface area contributed by atoms with Gasteiger partial charge in [0.2, 0.25) is 11.8 Å². The zero-order valence-corrected chi connectivity index (χ0v) is 16.4. The van der Waals surface area contributed by atoms with Gasteiger partial charge in [-0.25, -0.2) is 13.8 Å². The summed E-state index contributed by atoms with van der Waals surface area (Å²) in [5, 5.41) is 2.89. The molecule has 6 nitrogen and oxygen atoms in total. The molecule has 0 aliphatic carbocycles. The van der Waals surface area contributed by atoms with Crippen LogP contribution in [0.5, 0.6) is 0 Å². The Labute approximate surface area is 168 Å². The first-order valence-corrected chi connectivity index (χ1v) is 9.93. The minimum absolute atomic E-state index is 0.00279. The monoisotopic (exact) mass is 405 g/mol. The van der Waals surface area contributed by atoms with Crippen molar-refractivity contribution in [3.05, 3.63) is 41.9 Å². The molecule has 1 fully saturated rings. The topological polar surface area (TPSA) is 75.4 Å². The number of aromatic nitrogens is 1. The summed E-state index contributed by atoms with van der Waals surface area (Å²) in [5.41, 5.74) is 0.119. The first-order valence-electron chi connectivity index (χ1n) is 9.93. The lowest BCUT2D eigenvalue weighted by Gasteiger charge is -2.32. The highest BCUT2D eigenvalue weighted by molar-refractivity contribution is 5.81. The van der Waals surface area contributed by atoms with Crippen molar-refractivity contribution in [1.29, 1.82) is 0 Å². The standard InChI is InChI=1S/C21H25F2N3O3/c1-2-9-24-21(28)14-4-3-10-26(13-14)20(27)8-7-19-25-12-18(29-19)16-6-5-15(22)11-17(16)23/h5-6,11-12,14H,2-4,7-10,13H2,1H3,(H,24,28). The van der Waals surface area contributed by atoms with Gasteiger partial charge in [-0.15, -0.1) is 0 Å². The molecule has 2 heterocycles. The van der Waals surface area contributed by atoms with E-state index in [1.807, 2.05) is 6.92 Å². The first-order chi connectivity index (χ1) is 14.0. The summed E-state index contributed by atoms with van der Waals surface area (Å²) < 4.78 is 32.4. The average molecular weight is 405 g/mol. The fourth-order valence-electron chi connectivity index (χ4n) is 3.42. The Hall–Kier alpha value is -2.77. The number of benzene rings is 1. The highest BCUT2D eigenvalue weighted by atomic mass is 19.1. The van der Waals surface area contributed by atoms with Gasteiger partial charge in [-0.1, -0.05) is 6.92 Å². The Bertz CT molecular complexity index is 869. The maximum atomic E-state index is 13.9. The van der Waals surface area contributed by atoms with E-state index in [9.17, 15) is 18.4 Å². The molecule has 2 amide bonds. The van der Waals surface area contributed by atoms with E-state index in [2.05, 4.69) is 10.3 Å². The summed E-state index contributed by atoms with van der Waals surface area (Å²) in [7, 11) is 0. The first kappa shape index (κ1) is 21.0. The van der Waals surface area contributed by atoms with Crippen LogP contribution in [0.4, 0.5) is 8.78 Å². The van der Waals surface area contributed by atoms with E-state index in [0.29, 0.717) is 25.5 Å². The summed E-state index contributed by atoms with van der Waals surface area (Å²) in [6.07, 6.45) is 4.28. The number of carbonyl (C=O) groups excluding carboxylic acids is 2. The number of nitrogens with zero attached hydrogens (tertiary/aromatic N) is 2. The Morgan fingerprint density at radius 3 is 2.93 bits per heavy atom. The minimum Gasteiger partial charge on any atom is -0.441 e. The molecule has 1 aliphatic heterocycles. The lowest BCUT2D eigenvalue weighted by molar-refractivity contribution is -0.135. The molecular weight excluding hydrogens is 380 g/mol. The van der Waals surface area contributed by atoms with E-state index in [1.54, 1.807) is 4.90 Å². The molecule has 8 heteroatoms. The van der Waals surface area contributed by atoms with Gasteiger partial charge in [-0.2, -0.15) is 0 Å². The maximum absolute atomic E-state index is 13.9. The predicted octanol–water partition coefficient (Wildman–Crippen LogP) is 3.32. The van der Waals surface area contributed by atoms with Crippen LogP contribution in [0.2, 0.25) is 0 Å². The lowest BCUT2D eigenvalue weighted by atomic mass is 9.96. The number of amides is 2. The van der Waals surface area contributed by atoms with E-state index in [-0.39, 0.29) is 41.9 Å². The fourth-order valence-corrected chi connectivity index (χ4v) is 3.42. The van der Waals surface area contributed by atoms with Crippen LogP contribution in [-0.2, 0) is 16.0 Å². The highest BCUT2D eigenvalue weighted by Gasteiger charge is 2.28. The van der Waals surface area contributed by atoms with E-state index in [4.69, 9.17) is 4.42 Å². The SMILES string of the molecule is CCCNC(=O)C1CCCN(C(=O)CCc2ncc(-c3ccc(F)cc3F)o2)C1. The van der Waals surface area contributed by atoms with Crippen LogP contribution in [0, 0.1) is 17.6 Å². The number of aryl methyl sites for hydroxylation is 1. The zero-order chi connectivity index (χ0) is 20.8. The van der Waals surface area contributed by atoms with Crippen LogP contribution in [0.25, 0.3) is 11.3 Å². The van der Waals surface area contributed by atoms with Gasteiger partial charge >= 0.3 is 0 Å². The van der Waals surface area contributed by atoms with Crippen molar-refractivity contribution in [3.8, 4) is 11.3 Å². The molecule has 0 radical (unpaired) electrons. The van der Waals surface area contributed by atoms with Gasteiger partial charge in [0.15, 0.2) is 11.7 Å². The van der Waals surface area contributed by atoms with Crippen molar-refractivity contribution >= 4 is 11.8 Å². The molecule has 1 unspecified atom stereocenters. The third-order valence-corrected chi connectivity index (χ3v) is 5.00. The number of halogens is 2. The second kappa shape index (κ2) is 9.62. The Morgan fingerprint density at radius 2 is 2.17 bits per heavy atom. The van der Waals surface area contributed by atoms with Gasteiger partial charge in [-0.3, -0.25) is 9.59 Å². The number of hydrogen-bond donors (Lipinski definition) is 1. The molecule has 1 saturated heterocycles. The summed E-state index contributed by atoms with van der Waals surface area (Å²) in [4.78, 5) is 30.5. The molecule has 1 aromatic carbocycles. The average Bonchev–Trinajstić information content (AvgIpc) is 3.19. The Kier molecular flexibility index (Phi) is 6.95. The van der Waals surface area contributed by atoms with Gasteiger partial charge < -0.3 is 14.6 Å². The van der Waals surface area contributed by atoms with Crippen molar-refractivity contribution in [2.24, 2.45) is 5.92 Å². The van der Waals surface area contributed by atoms with Gasteiger partial charge in [0.25, 0.3) is 0 Å². The molecule has 0 saturated carbocycles. The Balaban J connectivity index is 1.54. The van der Waals surface area contributed by atoms with Crippen molar-refractivity contribution in [2.75, 3.05) is 19.6 Å². The number of rotatable bonds is 7. The van der Waals surface area contributed by atoms with Crippen molar-refractivity contribution < 1.29 is 22.8 Å². The molecular formula is C21H25F2N3O3. The normalized spacial score (nSPS) is 16.7. The lowest BCUT2D eigenvalue weighted by Crippen LogP contribution is -2.45. The smallest absolute Gasteiger partial charge is 0.224 e. The number of likely N-dealkylation sites (tertiary alicyclic amines) is 1. The van der Waals surface area contributed by atoms with E-state index in [0.717, 1.165) is 31.4 Å². The van der Waals surface area contributed by atoms with Crippen molar-refractivity contribution in [2.45, 2.75) is 39.0 Å². The third-order valence-electron chi connectivity index (χ3n) is 5.00. The van der Waals surface area contributed by atoms with Crippen LogP contribution in [-0.4, -0.2) is 41.3 Å². The number of oxazole rings is 1. The van der Waals surface area contributed by atoms with Gasteiger partial charge in [0.1, 0.15) is 11.6 Å². The minimum atomic E-state index is -0.732. The van der Waals surface area contributed by atoms with Gasteiger partial charge in [-0.05, 0) is 31.4 Å². The summed E-state index contributed by atoms with van der Waals surface area (Å²) in [6.45, 7) is 3.69. The largest absolute Gasteiger partial charge is 0.441 e. The van der Waals surface area contributed by atoms with Crippen LogP contribution < -0.4 is 5.32 Å². The van der Waals surface area contributed by atoms with Gasteiger partial charge in [0, 0.05) is 38.5 Å². The van der Waals surface area contributed by atoms with Crippen molar-refractivity contribution in [1.82, 2.24) is 15.2 Å². The molecule has 1 atom stereocenters. The number of carbonyl (C=O) groups is 2. The van der Waals surface area contributed by atoms with Crippen LogP contribution in [0.3, 0.4) is 0 Å². The second-order valence-corrected chi connectivity index (χ2v) is 7.21.